The Bertz CT molecular complexity index is 665. The molecule has 0 spiro atoms. The second-order valence-electron chi connectivity index (χ2n) is 4.30. The number of nitrogens with one attached hydrogen (secondary N) is 1. The predicted octanol–water partition coefficient (Wildman–Crippen LogP) is 3.54. The van der Waals surface area contributed by atoms with E-state index in [4.69, 9.17) is 21.6 Å². The summed E-state index contributed by atoms with van der Waals surface area (Å²) in [6.45, 7) is 2.48. The first kappa shape index (κ1) is 14.2. The molecule has 0 aliphatic heterocycles. The molecule has 0 fully saturated rings. The van der Waals surface area contributed by atoms with Gasteiger partial charge in [0.05, 0.1) is 29.9 Å². The van der Waals surface area contributed by atoms with Crippen LogP contribution in [0.2, 0.25) is 5.02 Å². The highest BCUT2D eigenvalue weighted by atomic mass is 35.5. The van der Waals surface area contributed by atoms with Gasteiger partial charge in [-0.3, -0.25) is 4.98 Å². The number of rotatable bonds is 4. The fraction of sp³-hybridized carbons (Fsp3) is 0.200. The van der Waals surface area contributed by atoms with Crippen LogP contribution < -0.4 is 10.1 Å². The Kier molecular flexibility index (Phi) is 4.44. The smallest absolute Gasteiger partial charge is 0.122 e. The standard InChI is InChI=1S/C15H14ClN3O/c1-10-5-14(20-2)6-13(19-10)9-18-12-4-3-11(8-17)15(16)7-12/h3-7,18H,9H2,1-2H3. The molecule has 0 atom stereocenters. The van der Waals surface area contributed by atoms with Gasteiger partial charge < -0.3 is 10.1 Å². The van der Waals surface area contributed by atoms with Crippen LogP contribution in [0.15, 0.2) is 30.3 Å². The molecule has 0 unspecified atom stereocenters. The van der Waals surface area contributed by atoms with Gasteiger partial charge in [-0.1, -0.05) is 11.6 Å². The van der Waals surface area contributed by atoms with Gasteiger partial charge in [0.15, 0.2) is 0 Å². The summed E-state index contributed by atoms with van der Waals surface area (Å²) in [5, 5.41) is 12.5. The van der Waals surface area contributed by atoms with E-state index in [-0.39, 0.29) is 0 Å². The quantitative estimate of drug-likeness (QED) is 0.934. The number of aromatic nitrogens is 1. The number of ether oxygens (including phenoxy) is 1. The number of aryl methyl sites for hydroxylation is 1. The zero-order valence-electron chi connectivity index (χ0n) is 11.3. The number of benzene rings is 1. The van der Waals surface area contributed by atoms with Crippen LogP contribution >= 0.6 is 11.6 Å². The van der Waals surface area contributed by atoms with Crippen LogP contribution in [0.4, 0.5) is 5.69 Å². The van der Waals surface area contributed by atoms with E-state index >= 15 is 0 Å². The molecule has 1 N–H and O–H groups in total. The normalized spacial score (nSPS) is 9.90. The molecule has 2 rings (SSSR count). The van der Waals surface area contributed by atoms with Crippen LogP contribution in [-0.4, -0.2) is 12.1 Å². The lowest BCUT2D eigenvalue weighted by Crippen LogP contribution is -2.03. The van der Waals surface area contributed by atoms with Crippen LogP contribution in [0.1, 0.15) is 17.0 Å². The van der Waals surface area contributed by atoms with Gasteiger partial charge in [0.2, 0.25) is 0 Å². The van der Waals surface area contributed by atoms with E-state index in [0.29, 0.717) is 17.1 Å². The molecular weight excluding hydrogens is 274 g/mol. The summed E-state index contributed by atoms with van der Waals surface area (Å²) >= 11 is 5.99. The van der Waals surface area contributed by atoms with Gasteiger partial charge in [0, 0.05) is 23.5 Å². The van der Waals surface area contributed by atoms with Gasteiger partial charge in [-0.05, 0) is 25.1 Å². The molecular formula is C15H14ClN3O. The van der Waals surface area contributed by atoms with Crippen molar-refractivity contribution >= 4 is 17.3 Å². The molecule has 5 heteroatoms. The number of anilines is 1. The molecule has 0 saturated carbocycles. The summed E-state index contributed by atoms with van der Waals surface area (Å²) in [6.07, 6.45) is 0. The maximum absolute atomic E-state index is 8.83. The van der Waals surface area contributed by atoms with Crippen LogP contribution in [0.5, 0.6) is 5.75 Å². The average molecular weight is 288 g/mol. The van der Waals surface area contributed by atoms with E-state index < -0.39 is 0 Å². The molecule has 1 aromatic heterocycles. The van der Waals surface area contributed by atoms with E-state index in [1.807, 2.05) is 31.2 Å². The molecule has 0 saturated heterocycles. The molecule has 20 heavy (non-hydrogen) atoms. The summed E-state index contributed by atoms with van der Waals surface area (Å²) in [5.41, 5.74) is 3.09. The summed E-state index contributed by atoms with van der Waals surface area (Å²) in [5.74, 6) is 0.784. The second-order valence-corrected chi connectivity index (χ2v) is 4.71. The van der Waals surface area contributed by atoms with Crippen molar-refractivity contribution in [3.63, 3.8) is 0 Å². The molecule has 0 bridgehead atoms. The molecule has 0 radical (unpaired) electrons. The topological polar surface area (TPSA) is 57.9 Å². The van der Waals surface area contributed by atoms with E-state index in [2.05, 4.69) is 10.3 Å². The largest absolute Gasteiger partial charge is 0.497 e. The second kappa shape index (κ2) is 6.27. The fourth-order valence-electron chi connectivity index (χ4n) is 1.82. The van der Waals surface area contributed by atoms with Gasteiger partial charge in [-0.25, -0.2) is 0 Å². The molecule has 1 aromatic carbocycles. The Balaban J connectivity index is 2.11. The maximum Gasteiger partial charge on any atom is 0.122 e. The highest BCUT2D eigenvalue weighted by Crippen LogP contribution is 2.21. The zero-order valence-corrected chi connectivity index (χ0v) is 12.0. The first-order chi connectivity index (χ1) is 9.62. The van der Waals surface area contributed by atoms with Crippen LogP contribution in [0, 0.1) is 18.3 Å². The number of pyridine rings is 1. The number of hydrogen-bond donors (Lipinski definition) is 1. The van der Waals surface area contributed by atoms with E-state index in [1.54, 1.807) is 19.2 Å². The van der Waals surface area contributed by atoms with Gasteiger partial charge in [0.25, 0.3) is 0 Å². The highest BCUT2D eigenvalue weighted by Gasteiger charge is 2.03. The molecule has 0 aliphatic carbocycles. The minimum atomic E-state index is 0.437. The lowest BCUT2D eigenvalue weighted by Gasteiger charge is -2.09. The molecule has 0 aliphatic rings. The van der Waals surface area contributed by atoms with Gasteiger partial charge in [-0.15, -0.1) is 0 Å². The highest BCUT2D eigenvalue weighted by molar-refractivity contribution is 6.32. The Labute approximate surface area is 123 Å². The molecule has 4 nitrogen and oxygen atoms in total. The van der Waals surface area contributed by atoms with Crippen molar-refractivity contribution in [3.8, 4) is 11.8 Å². The Hall–Kier alpha value is -2.25. The van der Waals surface area contributed by atoms with Crippen molar-refractivity contribution in [1.29, 1.82) is 5.26 Å². The van der Waals surface area contributed by atoms with E-state index in [9.17, 15) is 0 Å². The predicted molar refractivity (Wildman–Crippen MR) is 79.0 cm³/mol. The van der Waals surface area contributed by atoms with Gasteiger partial charge in [-0.2, -0.15) is 5.26 Å². The van der Waals surface area contributed by atoms with Crippen molar-refractivity contribution in [2.24, 2.45) is 0 Å². The summed E-state index contributed by atoms with van der Waals surface area (Å²) in [7, 11) is 1.63. The van der Waals surface area contributed by atoms with Gasteiger partial charge in [0.1, 0.15) is 11.8 Å². The lowest BCUT2D eigenvalue weighted by atomic mass is 10.2. The lowest BCUT2D eigenvalue weighted by molar-refractivity contribution is 0.413. The van der Waals surface area contributed by atoms with Gasteiger partial charge >= 0.3 is 0 Å². The minimum absolute atomic E-state index is 0.437. The summed E-state index contributed by atoms with van der Waals surface area (Å²) < 4.78 is 5.21. The van der Waals surface area contributed by atoms with Crippen molar-refractivity contribution in [2.75, 3.05) is 12.4 Å². The first-order valence-electron chi connectivity index (χ1n) is 6.07. The molecule has 1 heterocycles. The maximum atomic E-state index is 8.83. The third kappa shape index (κ3) is 3.40. The molecule has 0 amide bonds. The number of halogens is 1. The molecule has 2 aromatic rings. The van der Waals surface area contributed by atoms with Crippen LogP contribution in [0.25, 0.3) is 0 Å². The Morgan fingerprint density at radius 2 is 2.15 bits per heavy atom. The number of hydrogen-bond acceptors (Lipinski definition) is 4. The van der Waals surface area contributed by atoms with Crippen molar-refractivity contribution in [2.45, 2.75) is 13.5 Å². The monoisotopic (exact) mass is 287 g/mol. The van der Waals surface area contributed by atoms with Crippen LogP contribution in [0.3, 0.4) is 0 Å². The SMILES string of the molecule is COc1cc(C)nc(CNc2ccc(C#N)c(Cl)c2)c1. The number of nitriles is 1. The fourth-order valence-corrected chi connectivity index (χ4v) is 2.04. The summed E-state index contributed by atoms with van der Waals surface area (Å²) in [4.78, 5) is 4.43. The zero-order chi connectivity index (χ0) is 14.5. The Morgan fingerprint density at radius 1 is 1.35 bits per heavy atom. The first-order valence-corrected chi connectivity index (χ1v) is 6.45. The summed E-state index contributed by atoms with van der Waals surface area (Å²) in [6, 6.07) is 11.0. The van der Waals surface area contributed by atoms with Crippen molar-refractivity contribution < 1.29 is 4.74 Å². The minimum Gasteiger partial charge on any atom is -0.497 e. The van der Waals surface area contributed by atoms with E-state index in [1.165, 1.54) is 0 Å². The van der Waals surface area contributed by atoms with Crippen molar-refractivity contribution in [1.82, 2.24) is 4.98 Å². The van der Waals surface area contributed by atoms with E-state index in [0.717, 1.165) is 22.8 Å². The third-order valence-corrected chi connectivity index (χ3v) is 3.09. The number of methoxy groups -OCH3 is 1. The molecule has 102 valence electrons. The third-order valence-electron chi connectivity index (χ3n) is 2.78. The van der Waals surface area contributed by atoms with Crippen LogP contribution in [-0.2, 0) is 6.54 Å². The Morgan fingerprint density at radius 3 is 2.80 bits per heavy atom. The number of nitrogens with zero attached hydrogens (tertiary/aromatic N) is 2. The average Bonchev–Trinajstić information content (AvgIpc) is 2.44. The van der Waals surface area contributed by atoms with Crippen molar-refractivity contribution in [3.05, 3.63) is 52.3 Å².